The van der Waals surface area contributed by atoms with Crippen LogP contribution in [0.25, 0.3) is 0 Å². The molecule has 2 nitrogen and oxygen atoms in total. The molecule has 0 aromatic rings. The summed E-state index contributed by atoms with van der Waals surface area (Å²) in [6, 6.07) is 0. The maximum absolute atomic E-state index is 11.7. The quantitative estimate of drug-likeness (QED) is 0.534. The number of ether oxygens (including phenoxy) is 1. The van der Waals surface area contributed by atoms with Gasteiger partial charge in [0.05, 0.1) is 5.92 Å². The first-order chi connectivity index (χ1) is 6.06. The number of esters is 1. The van der Waals surface area contributed by atoms with E-state index < -0.39 is 0 Å². The van der Waals surface area contributed by atoms with E-state index in [4.69, 9.17) is 4.74 Å². The fourth-order valence-corrected chi connectivity index (χ4v) is 4.00. The van der Waals surface area contributed by atoms with Crippen LogP contribution in [-0.2, 0) is 9.53 Å². The summed E-state index contributed by atoms with van der Waals surface area (Å²) >= 11 is 0. The molecule has 0 amide bonds. The third-order valence-corrected chi connectivity index (χ3v) is 4.80. The number of rotatable bonds is 0. The molecular weight excluding hydrogens is 164 g/mol. The Kier molecular flexibility index (Phi) is 1.17. The molecule has 1 aliphatic heterocycles. The summed E-state index contributed by atoms with van der Waals surface area (Å²) in [7, 11) is 0. The van der Waals surface area contributed by atoms with Gasteiger partial charge in [0.2, 0.25) is 0 Å². The summed E-state index contributed by atoms with van der Waals surface area (Å²) in [6.07, 6.45) is 4.92. The van der Waals surface area contributed by atoms with Crippen molar-refractivity contribution in [3.63, 3.8) is 0 Å². The van der Waals surface area contributed by atoms with Crippen LogP contribution in [0.5, 0.6) is 0 Å². The van der Waals surface area contributed by atoms with Crippen molar-refractivity contribution in [2.75, 3.05) is 0 Å². The first-order valence-electron chi connectivity index (χ1n) is 5.27. The summed E-state index contributed by atoms with van der Waals surface area (Å²) in [5.74, 6) is 0.295. The Morgan fingerprint density at radius 3 is 2.77 bits per heavy atom. The summed E-state index contributed by atoms with van der Waals surface area (Å²) in [5.41, 5.74) is 0.447. The van der Waals surface area contributed by atoms with Gasteiger partial charge >= 0.3 is 5.97 Å². The van der Waals surface area contributed by atoms with E-state index in [1.54, 1.807) is 0 Å². The lowest BCUT2D eigenvalue weighted by molar-refractivity contribution is -0.145. The second-order valence-corrected chi connectivity index (χ2v) is 5.56. The molecule has 1 unspecified atom stereocenters. The van der Waals surface area contributed by atoms with Gasteiger partial charge in [-0.3, -0.25) is 4.79 Å². The highest BCUT2D eigenvalue weighted by atomic mass is 16.6. The van der Waals surface area contributed by atoms with Crippen LogP contribution in [0.15, 0.2) is 0 Å². The molecular formula is C11H16O2. The number of hydrogen-bond donors (Lipinski definition) is 0. The molecule has 1 heterocycles. The summed E-state index contributed by atoms with van der Waals surface area (Å²) in [5, 5.41) is 0. The van der Waals surface area contributed by atoms with Gasteiger partial charge in [-0.05, 0) is 31.1 Å². The minimum absolute atomic E-state index is 0.0880. The van der Waals surface area contributed by atoms with Crippen LogP contribution in [0.2, 0.25) is 0 Å². The number of carbonyl (C=O) groups is 1. The number of carbonyl (C=O) groups excluding carboxylic acids is 1. The maximum atomic E-state index is 11.7. The van der Waals surface area contributed by atoms with E-state index in [1.165, 1.54) is 19.3 Å². The van der Waals surface area contributed by atoms with E-state index in [-0.39, 0.29) is 28.8 Å². The standard InChI is InChI=1S/C11H16O2/c1-10-4-3-7-11(2,6-5-10)8(10)9(12)13-7/h7-8H,3-6H2,1-2H3/t7-,8?,10+,11+/m1/s1. The van der Waals surface area contributed by atoms with Gasteiger partial charge in [0.15, 0.2) is 0 Å². The van der Waals surface area contributed by atoms with Crippen LogP contribution in [0.4, 0.5) is 0 Å². The monoisotopic (exact) mass is 180 g/mol. The van der Waals surface area contributed by atoms with E-state index in [0.717, 1.165) is 6.42 Å². The van der Waals surface area contributed by atoms with Crippen molar-refractivity contribution >= 4 is 5.97 Å². The zero-order chi connectivity index (χ0) is 9.27. The average Bonchev–Trinajstić information content (AvgIpc) is 2.36. The van der Waals surface area contributed by atoms with E-state index in [1.807, 2.05) is 0 Å². The number of hydrogen-bond acceptors (Lipinski definition) is 2. The Bertz CT molecular complexity index is 282. The van der Waals surface area contributed by atoms with Gasteiger partial charge < -0.3 is 4.74 Å². The Morgan fingerprint density at radius 1 is 1.31 bits per heavy atom. The highest BCUT2D eigenvalue weighted by molar-refractivity contribution is 5.78. The zero-order valence-electron chi connectivity index (χ0n) is 8.30. The molecule has 1 saturated heterocycles. The van der Waals surface area contributed by atoms with Crippen LogP contribution in [0, 0.1) is 16.7 Å². The van der Waals surface area contributed by atoms with Crippen molar-refractivity contribution < 1.29 is 9.53 Å². The molecule has 0 N–H and O–H groups in total. The molecule has 13 heavy (non-hydrogen) atoms. The molecule has 4 atom stereocenters. The van der Waals surface area contributed by atoms with Gasteiger partial charge in [-0.1, -0.05) is 13.8 Å². The average molecular weight is 180 g/mol. The van der Waals surface area contributed by atoms with Crippen molar-refractivity contribution in [3.05, 3.63) is 0 Å². The minimum atomic E-state index is 0.0880. The van der Waals surface area contributed by atoms with Crippen LogP contribution in [-0.4, -0.2) is 12.1 Å². The van der Waals surface area contributed by atoms with Crippen LogP contribution in [0.1, 0.15) is 39.5 Å². The van der Waals surface area contributed by atoms with E-state index in [2.05, 4.69) is 13.8 Å². The van der Waals surface area contributed by atoms with Gasteiger partial charge in [-0.2, -0.15) is 0 Å². The van der Waals surface area contributed by atoms with Crippen molar-refractivity contribution in [3.8, 4) is 0 Å². The van der Waals surface area contributed by atoms with E-state index in [0.29, 0.717) is 0 Å². The van der Waals surface area contributed by atoms with E-state index in [9.17, 15) is 4.79 Å². The van der Waals surface area contributed by atoms with Gasteiger partial charge in [0, 0.05) is 5.41 Å². The SMILES string of the molecule is C[C@@]12CC[C@H]3OC(=O)C1[C@@]3(C)CC2. The molecule has 3 rings (SSSR count). The zero-order valence-corrected chi connectivity index (χ0v) is 8.30. The fraction of sp³-hybridized carbons (Fsp3) is 0.909. The van der Waals surface area contributed by atoms with Gasteiger partial charge in [-0.25, -0.2) is 0 Å². The highest BCUT2D eigenvalue weighted by Gasteiger charge is 2.67. The van der Waals surface area contributed by atoms with Crippen molar-refractivity contribution in [1.29, 1.82) is 0 Å². The molecule has 2 aliphatic carbocycles. The Balaban J connectivity index is 2.15. The normalized spacial score (nSPS) is 58.2. The molecule has 72 valence electrons. The predicted molar refractivity (Wildman–Crippen MR) is 48.1 cm³/mol. The molecule has 3 fully saturated rings. The molecule has 0 aromatic carbocycles. The lowest BCUT2D eigenvalue weighted by Gasteiger charge is -2.38. The molecule has 0 aromatic heterocycles. The molecule has 0 spiro atoms. The highest BCUT2D eigenvalue weighted by Crippen LogP contribution is 2.66. The summed E-state index contributed by atoms with van der Waals surface area (Å²) in [4.78, 5) is 11.7. The van der Waals surface area contributed by atoms with Gasteiger partial charge in [-0.15, -0.1) is 0 Å². The first-order valence-corrected chi connectivity index (χ1v) is 5.27. The van der Waals surface area contributed by atoms with Crippen molar-refractivity contribution in [2.24, 2.45) is 16.7 Å². The molecule has 2 heteroatoms. The second-order valence-electron chi connectivity index (χ2n) is 5.56. The first kappa shape index (κ1) is 7.84. The smallest absolute Gasteiger partial charge is 0.310 e. The predicted octanol–water partition coefficient (Wildman–Crippen LogP) is 2.13. The molecule has 2 saturated carbocycles. The van der Waals surface area contributed by atoms with Crippen molar-refractivity contribution in [2.45, 2.75) is 45.6 Å². The van der Waals surface area contributed by atoms with Gasteiger partial charge in [0.1, 0.15) is 6.10 Å². The second kappa shape index (κ2) is 1.94. The Hall–Kier alpha value is -0.530. The fourth-order valence-electron chi connectivity index (χ4n) is 4.00. The molecule has 4 bridgehead atoms. The summed E-state index contributed by atoms with van der Waals surface area (Å²) < 4.78 is 5.45. The van der Waals surface area contributed by atoms with Crippen LogP contribution in [0.3, 0.4) is 0 Å². The maximum Gasteiger partial charge on any atom is 0.310 e. The topological polar surface area (TPSA) is 26.3 Å². The lowest BCUT2D eigenvalue weighted by Crippen LogP contribution is -2.40. The van der Waals surface area contributed by atoms with Crippen LogP contribution < -0.4 is 0 Å². The Morgan fingerprint density at radius 2 is 2.08 bits per heavy atom. The third kappa shape index (κ3) is 0.695. The van der Waals surface area contributed by atoms with Gasteiger partial charge in [0.25, 0.3) is 0 Å². The Labute approximate surface area is 78.6 Å². The summed E-state index contributed by atoms with van der Waals surface area (Å²) in [6.45, 7) is 4.52. The van der Waals surface area contributed by atoms with E-state index >= 15 is 0 Å². The third-order valence-electron chi connectivity index (χ3n) is 4.80. The largest absolute Gasteiger partial charge is 0.462 e. The molecule has 3 aliphatic rings. The molecule has 0 radical (unpaired) electrons. The van der Waals surface area contributed by atoms with Crippen molar-refractivity contribution in [1.82, 2.24) is 0 Å². The minimum Gasteiger partial charge on any atom is -0.462 e. The van der Waals surface area contributed by atoms with Crippen LogP contribution >= 0.6 is 0 Å². The lowest BCUT2D eigenvalue weighted by atomic mass is 9.63.